The lowest BCUT2D eigenvalue weighted by Crippen LogP contribution is -2.66. The zero-order valence-electron chi connectivity index (χ0n) is 20.3. The van der Waals surface area contributed by atoms with Crippen LogP contribution in [0.4, 0.5) is 4.39 Å². The van der Waals surface area contributed by atoms with E-state index in [4.69, 9.17) is 4.74 Å². The van der Waals surface area contributed by atoms with Crippen LogP contribution < -0.4 is 5.32 Å². The van der Waals surface area contributed by atoms with Crippen molar-refractivity contribution in [2.24, 2.45) is 0 Å². The molecule has 4 N–H and O–H groups in total. The minimum atomic E-state index is -1.58. The number of esters is 1. The van der Waals surface area contributed by atoms with E-state index in [1.54, 1.807) is 24.0 Å². The number of hydrogen-bond acceptors (Lipinski definition) is 9. The van der Waals surface area contributed by atoms with Crippen molar-refractivity contribution in [2.75, 3.05) is 32.8 Å². The normalized spacial score (nSPS) is 24.6. The van der Waals surface area contributed by atoms with Crippen LogP contribution in [0.15, 0.2) is 47.5 Å². The first kappa shape index (κ1) is 26.1. The lowest BCUT2D eigenvalue weighted by atomic mass is 9.98. The van der Waals surface area contributed by atoms with Crippen LogP contribution in [0.5, 0.6) is 0 Å². The molecular weight excluding hydrogens is 471 g/mol. The molecule has 196 valence electrons. The highest BCUT2D eigenvalue weighted by Crippen LogP contribution is 2.35. The fourth-order valence-corrected chi connectivity index (χ4v) is 4.97. The Labute approximate surface area is 209 Å². The van der Waals surface area contributed by atoms with Gasteiger partial charge in [-0.25, -0.2) is 4.39 Å². The lowest BCUT2D eigenvalue weighted by Gasteiger charge is -2.53. The Morgan fingerprint density at radius 1 is 1.19 bits per heavy atom. The Balaban J connectivity index is 1.46. The van der Waals surface area contributed by atoms with Crippen LogP contribution in [0.2, 0.25) is 0 Å². The summed E-state index contributed by atoms with van der Waals surface area (Å²) in [6.45, 7) is 4.61. The summed E-state index contributed by atoms with van der Waals surface area (Å²) in [4.78, 5) is 30.2. The maximum absolute atomic E-state index is 13.1. The zero-order chi connectivity index (χ0) is 25.8. The minimum absolute atomic E-state index is 0.0521. The molecule has 0 aliphatic carbocycles. The second-order valence-corrected chi connectivity index (χ2v) is 9.11. The quantitative estimate of drug-likeness (QED) is 0.380. The van der Waals surface area contributed by atoms with Gasteiger partial charge in [0.05, 0.1) is 24.9 Å². The Morgan fingerprint density at radius 3 is 2.67 bits per heavy atom. The monoisotopic (exact) mass is 504 g/mol. The number of rotatable bonds is 8. The van der Waals surface area contributed by atoms with Crippen molar-refractivity contribution in [1.29, 1.82) is 0 Å². The molecular formula is C25H33FN4O6. The highest BCUT2D eigenvalue weighted by molar-refractivity contribution is 5.95. The molecule has 3 aliphatic heterocycles. The second kappa shape index (κ2) is 11.4. The van der Waals surface area contributed by atoms with Gasteiger partial charge in [0.1, 0.15) is 23.4 Å². The van der Waals surface area contributed by atoms with Gasteiger partial charge < -0.3 is 30.3 Å². The van der Waals surface area contributed by atoms with Gasteiger partial charge in [0.2, 0.25) is 0 Å². The molecule has 3 atom stereocenters. The number of hydrogen-bond donors (Lipinski definition) is 4. The second-order valence-electron chi connectivity index (χ2n) is 9.11. The van der Waals surface area contributed by atoms with Gasteiger partial charge in [0, 0.05) is 38.8 Å². The van der Waals surface area contributed by atoms with Gasteiger partial charge in [0.25, 0.3) is 5.91 Å². The van der Waals surface area contributed by atoms with E-state index in [0.717, 1.165) is 13.0 Å². The lowest BCUT2D eigenvalue weighted by molar-refractivity contribution is -0.144. The van der Waals surface area contributed by atoms with Gasteiger partial charge >= 0.3 is 5.97 Å². The van der Waals surface area contributed by atoms with Crippen molar-refractivity contribution in [3.05, 3.63) is 58.9 Å². The number of aliphatic hydroxyl groups excluding tert-OH is 3. The van der Waals surface area contributed by atoms with Crippen molar-refractivity contribution in [3.63, 3.8) is 0 Å². The molecule has 3 unspecified atom stereocenters. The number of benzene rings is 1. The highest BCUT2D eigenvalue weighted by Gasteiger charge is 2.45. The SMILES string of the molecule is CCOC(=O)CCCN1CCCN2C(O)C3=C(O)C(O)C(C(=O)NCc4ccc(F)cc4)=CN3CC12. The van der Waals surface area contributed by atoms with Crippen molar-refractivity contribution < 1.29 is 34.0 Å². The first-order valence-electron chi connectivity index (χ1n) is 12.3. The molecule has 1 aromatic rings. The predicted molar refractivity (Wildman–Crippen MR) is 127 cm³/mol. The number of fused-ring (bicyclic) bond motifs is 2. The number of piperazine rings is 1. The number of carbonyl (C=O) groups is 2. The minimum Gasteiger partial charge on any atom is -0.507 e. The van der Waals surface area contributed by atoms with E-state index in [9.17, 15) is 29.3 Å². The molecule has 10 nitrogen and oxygen atoms in total. The van der Waals surface area contributed by atoms with E-state index in [1.165, 1.54) is 18.3 Å². The Morgan fingerprint density at radius 2 is 1.94 bits per heavy atom. The molecule has 1 aromatic carbocycles. The molecule has 2 fully saturated rings. The van der Waals surface area contributed by atoms with Crippen LogP contribution in [0.1, 0.15) is 31.7 Å². The third-order valence-electron chi connectivity index (χ3n) is 6.77. The summed E-state index contributed by atoms with van der Waals surface area (Å²) >= 11 is 0. The average Bonchev–Trinajstić information content (AvgIpc) is 2.86. The summed E-state index contributed by atoms with van der Waals surface area (Å²) in [5.41, 5.74) is 0.784. The molecule has 0 radical (unpaired) electrons. The molecule has 11 heteroatoms. The maximum Gasteiger partial charge on any atom is 0.305 e. The largest absolute Gasteiger partial charge is 0.507 e. The van der Waals surface area contributed by atoms with Crippen molar-refractivity contribution in [1.82, 2.24) is 20.0 Å². The van der Waals surface area contributed by atoms with E-state index in [0.29, 0.717) is 44.6 Å². The summed E-state index contributed by atoms with van der Waals surface area (Å²) in [6.07, 6.45) is 0.232. The van der Waals surface area contributed by atoms with Crippen LogP contribution in [0.3, 0.4) is 0 Å². The van der Waals surface area contributed by atoms with E-state index < -0.39 is 24.0 Å². The molecule has 3 aliphatic rings. The fourth-order valence-electron chi connectivity index (χ4n) is 4.97. The molecule has 0 saturated carbocycles. The van der Waals surface area contributed by atoms with E-state index in [1.807, 2.05) is 4.90 Å². The Bertz CT molecular complexity index is 1030. The fraction of sp³-hybridized carbons (Fsp3) is 0.520. The molecule has 0 aromatic heterocycles. The van der Waals surface area contributed by atoms with Gasteiger partial charge in [-0.1, -0.05) is 12.1 Å². The molecule has 0 bridgehead atoms. The van der Waals surface area contributed by atoms with Gasteiger partial charge in [-0.05, 0) is 37.5 Å². The first-order valence-corrected chi connectivity index (χ1v) is 12.3. The van der Waals surface area contributed by atoms with Crippen LogP contribution in [-0.2, 0) is 20.9 Å². The number of nitrogens with zero attached hydrogens (tertiary/aromatic N) is 3. The van der Waals surface area contributed by atoms with Crippen molar-refractivity contribution >= 4 is 11.9 Å². The number of nitrogens with one attached hydrogen (secondary N) is 1. The summed E-state index contributed by atoms with van der Waals surface area (Å²) < 4.78 is 18.1. The van der Waals surface area contributed by atoms with Crippen LogP contribution in [0, 0.1) is 5.82 Å². The number of ether oxygens (including phenoxy) is 1. The van der Waals surface area contributed by atoms with E-state index in [2.05, 4.69) is 10.2 Å². The third kappa shape index (κ3) is 5.54. The molecule has 1 amide bonds. The van der Waals surface area contributed by atoms with E-state index in [-0.39, 0.29) is 35.8 Å². The van der Waals surface area contributed by atoms with Crippen LogP contribution >= 0.6 is 0 Å². The highest BCUT2D eigenvalue weighted by atomic mass is 19.1. The van der Waals surface area contributed by atoms with Crippen LogP contribution in [0.25, 0.3) is 0 Å². The molecule has 4 rings (SSSR count). The first-order chi connectivity index (χ1) is 17.3. The summed E-state index contributed by atoms with van der Waals surface area (Å²) in [5.74, 6) is -1.66. The molecule has 2 saturated heterocycles. The van der Waals surface area contributed by atoms with Gasteiger partial charge in [-0.2, -0.15) is 0 Å². The number of carbonyl (C=O) groups excluding carboxylic acids is 2. The van der Waals surface area contributed by atoms with Gasteiger partial charge in [0.15, 0.2) is 6.23 Å². The Kier molecular flexibility index (Phi) is 8.24. The smallest absolute Gasteiger partial charge is 0.305 e. The standard InChI is InChI=1S/C25H33FN4O6/c1-2-36-20(31)5-3-10-28-11-4-12-30-19(28)15-29-14-18(22(32)23(33)21(29)25(30)35)24(34)27-13-16-6-8-17(26)9-7-16/h6-9,14,19,22,25,32-33,35H,2-5,10-13,15H2,1H3,(H,27,34). The number of aliphatic hydroxyl groups is 3. The Hall–Kier alpha value is -2.99. The number of halogens is 1. The summed E-state index contributed by atoms with van der Waals surface area (Å²) in [5, 5.41) is 35.2. The van der Waals surface area contributed by atoms with Crippen LogP contribution in [-0.4, -0.2) is 93.2 Å². The molecule has 0 spiro atoms. The third-order valence-corrected chi connectivity index (χ3v) is 6.77. The summed E-state index contributed by atoms with van der Waals surface area (Å²) in [6, 6.07) is 5.68. The van der Waals surface area contributed by atoms with Gasteiger partial charge in [-0.3, -0.25) is 19.4 Å². The van der Waals surface area contributed by atoms with E-state index >= 15 is 0 Å². The van der Waals surface area contributed by atoms with Crippen molar-refractivity contribution in [2.45, 2.75) is 51.2 Å². The van der Waals surface area contributed by atoms with Crippen molar-refractivity contribution in [3.8, 4) is 0 Å². The predicted octanol–water partition coefficient (Wildman–Crippen LogP) is 0.781. The average molecular weight is 505 g/mol. The molecule has 3 heterocycles. The molecule has 36 heavy (non-hydrogen) atoms. The summed E-state index contributed by atoms with van der Waals surface area (Å²) in [7, 11) is 0. The zero-order valence-corrected chi connectivity index (χ0v) is 20.3. The van der Waals surface area contributed by atoms with Gasteiger partial charge in [-0.15, -0.1) is 0 Å². The maximum atomic E-state index is 13.1. The topological polar surface area (TPSA) is 126 Å². The number of amides is 1.